The van der Waals surface area contributed by atoms with Crippen LogP contribution in [0.1, 0.15) is 16.1 Å². The van der Waals surface area contributed by atoms with Crippen molar-refractivity contribution in [2.45, 2.75) is 6.92 Å². The first-order valence-electron chi connectivity index (χ1n) is 6.03. The van der Waals surface area contributed by atoms with Crippen LogP contribution in [0.25, 0.3) is 11.3 Å². The molecule has 0 saturated carbocycles. The molecule has 7 nitrogen and oxygen atoms in total. The first-order valence-corrected chi connectivity index (χ1v) is 6.03. The number of aromatic nitrogens is 1. The van der Waals surface area contributed by atoms with E-state index >= 15 is 0 Å². The number of carboxylic acid groups (broad SMARTS) is 1. The Morgan fingerprint density at radius 2 is 1.71 bits per heavy atom. The molecule has 1 N–H and O–H groups in total. The van der Waals surface area contributed by atoms with Gasteiger partial charge in [0, 0.05) is 5.56 Å². The van der Waals surface area contributed by atoms with Gasteiger partial charge in [-0.25, -0.2) is 4.79 Å². The molecule has 0 unspecified atom stereocenters. The van der Waals surface area contributed by atoms with Crippen molar-refractivity contribution in [2.24, 2.45) is 0 Å². The third-order valence-electron chi connectivity index (χ3n) is 3.01. The molecule has 0 saturated heterocycles. The summed E-state index contributed by atoms with van der Waals surface area (Å²) in [6.45, 7) is 1.54. The lowest BCUT2D eigenvalue weighted by molar-refractivity contribution is 0.0695. The summed E-state index contributed by atoms with van der Waals surface area (Å²) in [6, 6.07) is 3.23. The summed E-state index contributed by atoms with van der Waals surface area (Å²) in [5.74, 6) is 0.345. The quantitative estimate of drug-likeness (QED) is 0.904. The average molecular weight is 293 g/mol. The summed E-state index contributed by atoms with van der Waals surface area (Å²) in [6.07, 6.45) is 0. The predicted molar refractivity (Wildman–Crippen MR) is 73.3 cm³/mol. The Kier molecular flexibility index (Phi) is 4.02. The van der Waals surface area contributed by atoms with Crippen LogP contribution in [0.2, 0.25) is 0 Å². The molecular formula is C14H15NO6. The minimum absolute atomic E-state index is 0.00396. The van der Waals surface area contributed by atoms with Gasteiger partial charge < -0.3 is 23.8 Å². The Morgan fingerprint density at radius 1 is 1.14 bits per heavy atom. The van der Waals surface area contributed by atoms with Gasteiger partial charge in [0.15, 0.2) is 11.5 Å². The maximum atomic E-state index is 11.3. The summed E-state index contributed by atoms with van der Waals surface area (Å²) < 4.78 is 20.7. The van der Waals surface area contributed by atoms with E-state index in [-0.39, 0.29) is 17.0 Å². The zero-order valence-electron chi connectivity index (χ0n) is 12.1. The van der Waals surface area contributed by atoms with E-state index in [2.05, 4.69) is 5.16 Å². The first-order chi connectivity index (χ1) is 10.0. The topological polar surface area (TPSA) is 91.0 Å². The molecule has 0 spiro atoms. The highest BCUT2D eigenvalue weighted by Crippen LogP contribution is 2.41. The van der Waals surface area contributed by atoms with Gasteiger partial charge in [0.2, 0.25) is 5.75 Å². The van der Waals surface area contributed by atoms with Crippen LogP contribution in [-0.4, -0.2) is 37.6 Å². The molecule has 2 aromatic rings. The van der Waals surface area contributed by atoms with E-state index in [1.807, 2.05) is 0 Å². The number of nitrogens with zero attached hydrogens (tertiary/aromatic N) is 1. The van der Waals surface area contributed by atoms with Gasteiger partial charge in [0.1, 0.15) is 17.0 Å². The van der Waals surface area contributed by atoms with Crippen molar-refractivity contribution in [3.8, 4) is 28.5 Å². The fraction of sp³-hybridized carbons (Fsp3) is 0.286. The van der Waals surface area contributed by atoms with E-state index in [4.69, 9.17) is 18.7 Å². The molecule has 0 amide bonds. The van der Waals surface area contributed by atoms with Crippen LogP contribution >= 0.6 is 0 Å². The first kappa shape index (κ1) is 14.7. The van der Waals surface area contributed by atoms with Crippen LogP contribution in [-0.2, 0) is 0 Å². The maximum absolute atomic E-state index is 11.3. The number of carbonyl (C=O) groups is 1. The van der Waals surface area contributed by atoms with E-state index < -0.39 is 5.97 Å². The number of ether oxygens (including phenoxy) is 3. The monoisotopic (exact) mass is 293 g/mol. The summed E-state index contributed by atoms with van der Waals surface area (Å²) in [7, 11) is 4.45. The average Bonchev–Trinajstić information content (AvgIpc) is 2.87. The van der Waals surface area contributed by atoms with E-state index in [0.29, 0.717) is 22.8 Å². The highest BCUT2D eigenvalue weighted by atomic mass is 16.5. The van der Waals surface area contributed by atoms with Crippen LogP contribution in [0, 0.1) is 6.92 Å². The van der Waals surface area contributed by atoms with Crippen LogP contribution in [0.4, 0.5) is 0 Å². The molecule has 0 bridgehead atoms. The number of aromatic carboxylic acids is 1. The maximum Gasteiger partial charge on any atom is 0.341 e. The van der Waals surface area contributed by atoms with Crippen LogP contribution in [0.3, 0.4) is 0 Å². The van der Waals surface area contributed by atoms with Gasteiger partial charge in [-0.1, -0.05) is 5.16 Å². The molecule has 1 aromatic carbocycles. The number of carboxylic acids is 1. The summed E-state index contributed by atoms with van der Waals surface area (Å²) >= 11 is 0. The van der Waals surface area contributed by atoms with Crippen LogP contribution in [0.5, 0.6) is 17.2 Å². The third-order valence-corrected chi connectivity index (χ3v) is 3.01. The number of benzene rings is 1. The molecule has 21 heavy (non-hydrogen) atoms. The number of rotatable bonds is 5. The molecule has 2 rings (SSSR count). The van der Waals surface area contributed by atoms with E-state index in [0.717, 1.165) is 0 Å². The molecule has 0 atom stereocenters. The second kappa shape index (κ2) is 5.74. The second-order valence-electron chi connectivity index (χ2n) is 4.18. The molecule has 7 heteroatoms. The normalized spacial score (nSPS) is 10.3. The lowest BCUT2D eigenvalue weighted by Crippen LogP contribution is -2.00. The number of hydrogen-bond donors (Lipinski definition) is 1. The molecule has 0 aliphatic carbocycles. The minimum atomic E-state index is -1.11. The van der Waals surface area contributed by atoms with Crippen LogP contribution in [0.15, 0.2) is 16.7 Å². The fourth-order valence-corrected chi connectivity index (χ4v) is 2.04. The van der Waals surface area contributed by atoms with Crippen molar-refractivity contribution in [3.05, 3.63) is 23.5 Å². The van der Waals surface area contributed by atoms with Gasteiger partial charge in [-0.2, -0.15) is 0 Å². The molecule has 0 aliphatic heterocycles. The number of hydrogen-bond acceptors (Lipinski definition) is 6. The van der Waals surface area contributed by atoms with Gasteiger partial charge in [-0.05, 0) is 19.1 Å². The molecular weight excluding hydrogens is 278 g/mol. The Labute approximate surface area is 121 Å². The Balaban J connectivity index is 2.68. The van der Waals surface area contributed by atoms with Gasteiger partial charge in [0.05, 0.1) is 21.3 Å². The van der Waals surface area contributed by atoms with Gasteiger partial charge in [0.25, 0.3) is 0 Å². The summed E-state index contributed by atoms with van der Waals surface area (Å²) in [5.41, 5.74) is 0.710. The van der Waals surface area contributed by atoms with Crippen molar-refractivity contribution < 1.29 is 28.6 Å². The van der Waals surface area contributed by atoms with Gasteiger partial charge in [-0.15, -0.1) is 0 Å². The second-order valence-corrected chi connectivity index (χ2v) is 4.18. The summed E-state index contributed by atoms with van der Waals surface area (Å²) in [4.78, 5) is 11.3. The van der Waals surface area contributed by atoms with Gasteiger partial charge in [-0.3, -0.25) is 0 Å². The zero-order valence-corrected chi connectivity index (χ0v) is 12.1. The van der Waals surface area contributed by atoms with Crippen molar-refractivity contribution in [3.63, 3.8) is 0 Å². The van der Waals surface area contributed by atoms with Crippen molar-refractivity contribution in [1.82, 2.24) is 5.16 Å². The Morgan fingerprint density at radius 3 is 2.14 bits per heavy atom. The standard InChI is InChI=1S/C14H15NO6/c1-7-11(14(16)17)12(15-21-7)8-5-9(18-2)13(20-4)10(6-8)19-3/h5-6H,1-4H3,(H,16,17). The lowest BCUT2D eigenvalue weighted by Gasteiger charge is -2.13. The molecule has 0 radical (unpaired) electrons. The highest BCUT2D eigenvalue weighted by Gasteiger charge is 2.23. The lowest BCUT2D eigenvalue weighted by atomic mass is 10.1. The molecule has 0 aliphatic rings. The molecule has 1 aromatic heterocycles. The molecule has 112 valence electrons. The molecule has 0 fully saturated rings. The minimum Gasteiger partial charge on any atom is -0.493 e. The smallest absolute Gasteiger partial charge is 0.341 e. The Bertz CT molecular complexity index is 651. The van der Waals surface area contributed by atoms with E-state index in [9.17, 15) is 9.90 Å². The number of aryl methyl sites for hydroxylation is 1. The van der Waals surface area contributed by atoms with E-state index in [1.54, 1.807) is 12.1 Å². The van der Waals surface area contributed by atoms with E-state index in [1.165, 1.54) is 28.3 Å². The predicted octanol–water partition coefficient (Wildman–Crippen LogP) is 2.37. The third kappa shape index (κ3) is 2.49. The van der Waals surface area contributed by atoms with Crippen molar-refractivity contribution in [2.75, 3.05) is 21.3 Å². The zero-order chi connectivity index (χ0) is 15.6. The fourth-order valence-electron chi connectivity index (χ4n) is 2.04. The SMILES string of the molecule is COc1cc(-c2noc(C)c2C(=O)O)cc(OC)c1OC. The highest BCUT2D eigenvalue weighted by molar-refractivity contribution is 5.96. The number of methoxy groups -OCH3 is 3. The van der Waals surface area contributed by atoms with Crippen molar-refractivity contribution >= 4 is 5.97 Å². The largest absolute Gasteiger partial charge is 0.493 e. The summed E-state index contributed by atoms with van der Waals surface area (Å²) in [5, 5.41) is 13.1. The van der Waals surface area contributed by atoms with Crippen molar-refractivity contribution in [1.29, 1.82) is 0 Å². The van der Waals surface area contributed by atoms with Gasteiger partial charge >= 0.3 is 5.97 Å². The Hall–Kier alpha value is -2.70. The molecule has 1 heterocycles. The van der Waals surface area contributed by atoms with Crippen LogP contribution < -0.4 is 14.2 Å².